The van der Waals surface area contributed by atoms with Crippen LogP contribution in [0.5, 0.6) is 0 Å². The normalized spacial score (nSPS) is 28.8. The minimum Gasteiger partial charge on any atom is -0.313 e. The summed E-state index contributed by atoms with van der Waals surface area (Å²) >= 11 is 0. The molecule has 1 amide bonds. The molecule has 160 valence electrons. The van der Waals surface area contributed by atoms with E-state index in [2.05, 4.69) is 23.1 Å². The van der Waals surface area contributed by atoms with Crippen LogP contribution in [-0.4, -0.2) is 36.2 Å². The van der Waals surface area contributed by atoms with E-state index in [0.717, 1.165) is 36.2 Å². The summed E-state index contributed by atoms with van der Waals surface area (Å²) in [5, 5.41) is 0. The fraction of sp³-hybridized carbons (Fsp3) is 0.286. The Hall–Kier alpha value is -3.24. The molecule has 0 aromatic heterocycles. The highest BCUT2D eigenvalue weighted by Gasteiger charge is 2.70. The number of ketones is 1. The van der Waals surface area contributed by atoms with Crippen LogP contribution in [0.2, 0.25) is 0 Å². The van der Waals surface area contributed by atoms with Crippen LogP contribution < -0.4 is 4.90 Å². The first-order valence-corrected chi connectivity index (χ1v) is 11.4. The van der Waals surface area contributed by atoms with Gasteiger partial charge in [0.25, 0.3) is 5.91 Å². The van der Waals surface area contributed by atoms with E-state index in [0.29, 0.717) is 5.56 Å². The van der Waals surface area contributed by atoms with Gasteiger partial charge in [-0.05, 0) is 31.0 Å². The predicted octanol–water partition coefficient (Wildman–Crippen LogP) is 4.62. The lowest BCUT2D eigenvalue weighted by atomic mass is 9.69. The van der Waals surface area contributed by atoms with Crippen molar-refractivity contribution in [1.82, 2.24) is 4.90 Å². The number of hydrogen-bond acceptors (Lipinski definition) is 3. The topological polar surface area (TPSA) is 40.6 Å². The molecule has 32 heavy (non-hydrogen) atoms. The van der Waals surface area contributed by atoms with E-state index in [1.165, 1.54) is 0 Å². The second-order valence-electron chi connectivity index (χ2n) is 9.20. The lowest BCUT2D eigenvalue weighted by Gasteiger charge is -2.37. The molecule has 1 spiro atoms. The lowest BCUT2D eigenvalue weighted by Crippen LogP contribution is -2.54. The summed E-state index contributed by atoms with van der Waals surface area (Å²) in [4.78, 5) is 32.6. The maximum Gasteiger partial charge on any atom is 0.252 e. The third kappa shape index (κ3) is 2.41. The summed E-state index contributed by atoms with van der Waals surface area (Å²) in [5.74, 6) is -0.420. The van der Waals surface area contributed by atoms with E-state index < -0.39 is 11.5 Å². The molecular formula is C28H26N2O2. The molecule has 2 saturated heterocycles. The highest BCUT2D eigenvalue weighted by Crippen LogP contribution is 2.62. The highest BCUT2D eigenvalue weighted by molar-refractivity contribution is 6.13. The van der Waals surface area contributed by atoms with Crippen molar-refractivity contribution in [3.63, 3.8) is 0 Å². The maximum absolute atomic E-state index is 14.3. The number of amides is 1. The van der Waals surface area contributed by atoms with Crippen LogP contribution in [0.15, 0.2) is 84.9 Å². The zero-order valence-corrected chi connectivity index (χ0v) is 18.1. The maximum atomic E-state index is 14.3. The molecular weight excluding hydrogens is 396 g/mol. The van der Waals surface area contributed by atoms with E-state index in [1.54, 1.807) is 4.90 Å². The van der Waals surface area contributed by atoms with Crippen molar-refractivity contribution >= 4 is 17.4 Å². The molecule has 6 rings (SSSR count). The van der Waals surface area contributed by atoms with Crippen LogP contribution >= 0.6 is 0 Å². The predicted molar refractivity (Wildman–Crippen MR) is 125 cm³/mol. The van der Waals surface area contributed by atoms with E-state index in [-0.39, 0.29) is 23.7 Å². The molecule has 3 aromatic carbocycles. The molecule has 0 unspecified atom stereocenters. The Labute approximate surface area is 188 Å². The van der Waals surface area contributed by atoms with Gasteiger partial charge in [0.1, 0.15) is 5.54 Å². The van der Waals surface area contributed by atoms with Gasteiger partial charge < -0.3 is 4.90 Å². The average molecular weight is 423 g/mol. The van der Waals surface area contributed by atoms with Gasteiger partial charge in [-0.15, -0.1) is 0 Å². The van der Waals surface area contributed by atoms with Crippen LogP contribution in [0.25, 0.3) is 0 Å². The molecule has 4 nitrogen and oxygen atoms in total. The molecule has 3 aliphatic rings. The van der Waals surface area contributed by atoms with Gasteiger partial charge in [0.15, 0.2) is 5.78 Å². The molecule has 2 fully saturated rings. The van der Waals surface area contributed by atoms with Crippen LogP contribution in [-0.2, 0) is 10.3 Å². The first-order chi connectivity index (χ1) is 15.7. The molecule has 3 heterocycles. The second-order valence-corrected chi connectivity index (χ2v) is 9.20. The summed E-state index contributed by atoms with van der Waals surface area (Å²) in [5.41, 5.74) is 2.77. The second kappa shape index (κ2) is 7.14. The molecule has 0 aliphatic carbocycles. The summed E-state index contributed by atoms with van der Waals surface area (Å²) in [6.07, 6.45) is 2.04. The largest absolute Gasteiger partial charge is 0.313 e. The number of para-hydroxylation sites is 1. The third-order valence-electron chi connectivity index (χ3n) is 7.81. The Kier molecular flexibility index (Phi) is 4.34. The summed E-state index contributed by atoms with van der Waals surface area (Å²) in [7, 11) is 1.85. The highest BCUT2D eigenvalue weighted by atomic mass is 16.2. The Morgan fingerprint density at radius 2 is 1.56 bits per heavy atom. The van der Waals surface area contributed by atoms with Crippen LogP contribution in [0, 0.1) is 5.92 Å². The molecule has 0 radical (unpaired) electrons. The molecule has 0 N–H and O–H groups in total. The van der Waals surface area contributed by atoms with Crippen molar-refractivity contribution in [2.45, 2.75) is 30.3 Å². The van der Waals surface area contributed by atoms with Gasteiger partial charge in [-0.3, -0.25) is 14.5 Å². The third-order valence-corrected chi connectivity index (χ3v) is 7.81. The van der Waals surface area contributed by atoms with Crippen LogP contribution in [0.3, 0.4) is 0 Å². The van der Waals surface area contributed by atoms with Crippen molar-refractivity contribution in [3.05, 3.63) is 102 Å². The van der Waals surface area contributed by atoms with Gasteiger partial charge in [0.05, 0.1) is 5.92 Å². The Balaban J connectivity index is 1.64. The van der Waals surface area contributed by atoms with E-state index in [9.17, 15) is 9.59 Å². The molecule has 0 saturated carbocycles. The van der Waals surface area contributed by atoms with E-state index in [1.807, 2.05) is 73.8 Å². The van der Waals surface area contributed by atoms with Crippen molar-refractivity contribution in [3.8, 4) is 0 Å². The molecule has 4 heteroatoms. The Morgan fingerprint density at radius 3 is 2.31 bits per heavy atom. The van der Waals surface area contributed by atoms with Gasteiger partial charge in [-0.25, -0.2) is 0 Å². The van der Waals surface area contributed by atoms with Crippen LogP contribution in [0.4, 0.5) is 5.69 Å². The summed E-state index contributed by atoms with van der Waals surface area (Å²) in [6.45, 7) is 0.834. The molecule has 0 bridgehead atoms. The van der Waals surface area contributed by atoms with Gasteiger partial charge in [0.2, 0.25) is 0 Å². The minimum absolute atomic E-state index is 0.0262. The summed E-state index contributed by atoms with van der Waals surface area (Å²) < 4.78 is 0. The van der Waals surface area contributed by atoms with Crippen molar-refractivity contribution in [2.24, 2.45) is 5.92 Å². The molecule has 4 atom stereocenters. The quantitative estimate of drug-likeness (QED) is 0.579. The first-order valence-electron chi connectivity index (χ1n) is 11.4. The minimum atomic E-state index is -0.958. The van der Waals surface area contributed by atoms with Gasteiger partial charge in [-0.1, -0.05) is 78.9 Å². The number of benzene rings is 3. The smallest absolute Gasteiger partial charge is 0.252 e. The van der Waals surface area contributed by atoms with Crippen molar-refractivity contribution in [1.29, 1.82) is 0 Å². The van der Waals surface area contributed by atoms with Crippen molar-refractivity contribution < 1.29 is 9.59 Å². The number of carbonyl (C=O) groups excluding carboxylic acids is 2. The fourth-order valence-corrected chi connectivity index (χ4v) is 6.64. The lowest BCUT2D eigenvalue weighted by molar-refractivity contribution is -0.129. The zero-order valence-electron chi connectivity index (χ0n) is 18.1. The number of anilines is 1. The van der Waals surface area contributed by atoms with E-state index >= 15 is 0 Å². The van der Waals surface area contributed by atoms with E-state index in [4.69, 9.17) is 0 Å². The van der Waals surface area contributed by atoms with Gasteiger partial charge >= 0.3 is 0 Å². The first kappa shape index (κ1) is 19.4. The Morgan fingerprint density at radius 1 is 0.906 bits per heavy atom. The molecule has 3 aromatic rings. The van der Waals surface area contributed by atoms with Gasteiger partial charge in [0, 0.05) is 35.8 Å². The zero-order chi connectivity index (χ0) is 21.9. The van der Waals surface area contributed by atoms with Gasteiger partial charge in [-0.2, -0.15) is 0 Å². The van der Waals surface area contributed by atoms with Crippen molar-refractivity contribution in [2.75, 3.05) is 18.5 Å². The number of carbonyl (C=O) groups is 2. The number of rotatable bonds is 3. The Bertz CT molecular complexity index is 1190. The fourth-order valence-electron chi connectivity index (χ4n) is 6.64. The number of fused-ring (bicyclic) bond motifs is 4. The average Bonchev–Trinajstić information content (AvgIpc) is 3.49. The number of nitrogens with zero attached hydrogens (tertiary/aromatic N) is 2. The standard InChI is InChI=1S/C28H26N2O2/c1-29-22-16-9-8-15-21(22)28(27(29)32)25(26(31)20-13-6-3-7-14-20)24(19-11-4-2-5-12-19)23-17-10-18-30(23)28/h2-9,11-16,23-25H,10,17-18H2,1H3/t23-,24-,25-,28+/m0/s1. The number of Topliss-reactive ketones (excluding diaryl/α,β-unsaturated/α-hetero) is 1. The molecule has 3 aliphatic heterocycles. The monoisotopic (exact) mass is 422 g/mol. The van der Waals surface area contributed by atoms with Crippen LogP contribution in [0.1, 0.15) is 40.2 Å². The summed E-state index contributed by atoms with van der Waals surface area (Å²) in [6, 6.07) is 28.1. The number of hydrogen-bond donors (Lipinski definition) is 0. The number of likely N-dealkylation sites (N-methyl/N-ethyl adjacent to an activating group) is 1. The SMILES string of the molecule is CN1C(=O)[C@@]2(c3ccccc31)[C@H](C(=O)c1ccccc1)[C@@H](c1ccccc1)[C@@H]1CCCN12.